The zero-order chi connectivity index (χ0) is 21.4. The molecule has 4 aliphatic carbocycles. The average molecular weight is 422 g/mol. The van der Waals surface area contributed by atoms with Crippen LogP contribution in [-0.2, 0) is 16.0 Å². The van der Waals surface area contributed by atoms with Crippen LogP contribution in [0, 0.1) is 23.7 Å². The van der Waals surface area contributed by atoms with Gasteiger partial charge in [0, 0.05) is 12.5 Å². The van der Waals surface area contributed by atoms with Crippen molar-refractivity contribution < 1.29 is 14.4 Å². The molecule has 0 unspecified atom stereocenters. The Labute approximate surface area is 183 Å². The van der Waals surface area contributed by atoms with Crippen LogP contribution in [0.15, 0.2) is 42.5 Å². The molecule has 6 rings (SSSR count). The fraction of sp³-hybridized carbons (Fsp3) is 0.560. The van der Waals surface area contributed by atoms with Crippen molar-refractivity contribution in [3.05, 3.63) is 48.0 Å². The van der Waals surface area contributed by atoms with Gasteiger partial charge >= 0.3 is 6.03 Å². The summed E-state index contributed by atoms with van der Waals surface area (Å²) in [5.41, 5.74) is 0.988. The van der Waals surface area contributed by atoms with Gasteiger partial charge in [0.15, 0.2) is 0 Å². The highest BCUT2D eigenvalue weighted by molar-refractivity contribution is 6.06. The highest BCUT2D eigenvalue weighted by atomic mass is 16.2. The molecular weight excluding hydrogens is 390 g/mol. The van der Waals surface area contributed by atoms with E-state index in [4.69, 9.17) is 0 Å². The summed E-state index contributed by atoms with van der Waals surface area (Å²) >= 11 is 0. The number of allylic oxidation sites excluding steroid dienone is 2. The molecule has 6 heteroatoms. The molecule has 1 aromatic rings. The zero-order valence-electron chi connectivity index (χ0n) is 17.8. The van der Waals surface area contributed by atoms with Gasteiger partial charge in [-0.05, 0) is 43.1 Å². The summed E-state index contributed by atoms with van der Waals surface area (Å²) in [6, 6.07) is 9.63. The molecule has 0 aromatic heterocycles. The number of hydrogen-bond donors (Lipinski definition) is 2. The van der Waals surface area contributed by atoms with Crippen LogP contribution in [0.1, 0.15) is 50.5 Å². The van der Waals surface area contributed by atoms with E-state index >= 15 is 0 Å². The Kier molecular flexibility index (Phi) is 5.55. The lowest BCUT2D eigenvalue weighted by Gasteiger charge is -2.38. The molecule has 164 valence electrons. The number of urea groups is 1. The number of carbonyl (C=O) groups is 3. The first-order valence-corrected chi connectivity index (χ1v) is 11.8. The number of fused-ring (bicyclic) bond motifs is 1. The minimum absolute atomic E-state index is 0.118. The van der Waals surface area contributed by atoms with Gasteiger partial charge in [-0.2, -0.15) is 0 Å². The quantitative estimate of drug-likeness (QED) is 0.565. The number of rotatable bonds is 5. The summed E-state index contributed by atoms with van der Waals surface area (Å²) in [7, 11) is 0. The van der Waals surface area contributed by atoms with Crippen molar-refractivity contribution in [2.45, 2.75) is 63.6 Å². The molecule has 0 spiro atoms. The van der Waals surface area contributed by atoms with Crippen LogP contribution < -0.4 is 10.6 Å². The molecule has 0 radical (unpaired) electrons. The van der Waals surface area contributed by atoms with Crippen LogP contribution >= 0.6 is 0 Å². The number of benzene rings is 1. The molecule has 1 aromatic carbocycles. The maximum atomic E-state index is 13.4. The molecule has 5 aliphatic rings. The Morgan fingerprint density at radius 2 is 1.52 bits per heavy atom. The van der Waals surface area contributed by atoms with Crippen LogP contribution in [0.3, 0.4) is 0 Å². The molecular formula is C25H31N3O3. The predicted molar refractivity (Wildman–Crippen MR) is 117 cm³/mol. The third-order valence-corrected chi connectivity index (χ3v) is 7.62. The number of hydrogen-bond acceptors (Lipinski definition) is 3. The monoisotopic (exact) mass is 421 g/mol. The minimum atomic E-state index is -0.670. The lowest BCUT2D eigenvalue weighted by molar-refractivity contribution is -0.143. The van der Waals surface area contributed by atoms with E-state index in [1.54, 1.807) is 0 Å². The summed E-state index contributed by atoms with van der Waals surface area (Å²) in [6.07, 6.45) is 11.4. The van der Waals surface area contributed by atoms with E-state index in [-0.39, 0.29) is 47.6 Å². The number of nitrogens with one attached hydrogen (secondary N) is 2. The van der Waals surface area contributed by atoms with E-state index in [0.29, 0.717) is 6.42 Å². The lowest BCUT2D eigenvalue weighted by Crippen LogP contribution is -2.56. The van der Waals surface area contributed by atoms with E-state index in [9.17, 15) is 14.4 Å². The summed E-state index contributed by atoms with van der Waals surface area (Å²) in [5, 5.41) is 6.06. The highest BCUT2D eigenvalue weighted by Gasteiger charge is 2.58. The summed E-state index contributed by atoms with van der Waals surface area (Å²) < 4.78 is 0. The zero-order valence-corrected chi connectivity index (χ0v) is 17.8. The number of carbonyl (C=O) groups excluding carboxylic acids is 3. The van der Waals surface area contributed by atoms with Gasteiger partial charge in [-0.25, -0.2) is 4.79 Å². The summed E-state index contributed by atoms with van der Waals surface area (Å²) in [6.45, 7) is 0. The molecule has 3 fully saturated rings. The van der Waals surface area contributed by atoms with Gasteiger partial charge in [-0.3, -0.25) is 14.5 Å². The van der Waals surface area contributed by atoms with Gasteiger partial charge in [-0.15, -0.1) is 0 Å². The Morgan fingerprint density at radius 1 is 0.903 bits per heavy atom. The minimum Gasteiger partial charge on any atom is -0.335 e. The smallest absolute Gasteiger partial charge is 0.316 e. The highest BCUT2D eigenvalue weighted by Crippen LogP contribution is 2.50. The normalized spacial score (nSPS) is 30.9. The molecule has 1 aliphatic heterocycles. The summed E-state index contributed by atoms with van der Waals surface area (Å²) in [4.78, 5) is 41.1. The van der Waals surface area contributed by atoms with Crippen molar-refractivity contribution in [3.63, 3.8) is 0 Å². The Balaban J connectivity index is 1.37. The van der Waals surface area contributed by atoms with Crippen molar-refractivity contribution >= 4 is 17.8 Å². The van der Waals surface area contributed by atoms with Crippen molar-refractivity contribution in [1.82, 2.24) is 15.5 Å². The lowest BCUT2D eigenvalue weighted by atomic mass is 9.63. The summed E-state index contributed by atoms with van der Waals surface area (Å²) in [5.74, 6) is -0.480. The molecule has 1 heterocycles. The van der Waals surface area contributed by atoms with Crippen molar-refractivity contribution in [3.8, 4) is 0 Å². The SMILES string of the molecule is O=C(NC1CCCCC1)N[C@H](Cc1ccccc1)N1C(=O)[C@@H]2[C@H](C1=O)[C@H]1C=C[C@H]2CC1. The van der Waals surface area contributed by atoms with Gasteiger partial charge in [-0.1, -0.05) is 61.7 Å². The fourth-order valence-corrected chi connectivity index (χ4v) is 6.07. The van der Waals surface area contributed by atoms with Gasteiger partial charge in [0.05, 0.1) is 11.8 Å². The van der Waals surface area contributed by atoms with Crippen molar-refractivity contribution in [1.29, 1.82) is 0 Å². The van der Waals surface area contributed by atoms with Crippen LogP contribution in [-0.4, -0.2) is 35.0 Å². The molecule has 1 saturated heterocycles. The van der Waals surface area contributed by atoms with Gasteiger partial charge in [0.1, 0.15) is 6.17 Å². The Hall–Kier alpha value is -2.63. The van der Waals surface area contributed by atoms with Crippen LogP contribution in [0.5, 0.6) is 0 Å². The van der Waals surface area contributed by atoms with E-state index < -0.39 is 6.17 Å². The standard InChI is InChI=1S/C25H31N3O3/c29-23-21-17-11-12-18(14-13-17)22(21)24(30)28(23)20(15-16-7-3-1-4-8-16)27-25(31)26-19-9-5-2-6-10-19/h1,3-4,7-8,11-12,17-22H,2,5-6,9-10,13-15H2,(H2,26,27,31)/t17-,18-,20-,21-,22+/m0/s1. The van der Waals surface area contributed by atoms with Crippen molar-refractivity contribution in [2.75, 3.05) is 0 Å². The third kappa shape index (κ3) is 3.88. The van der Waals surface area contributed by atoms with Crippen molar-refractivity contribution in [2.24, 2.45) is 23.7 Å². The molecule has 2 saturated carbocycles. The Bertz CT molecular complexity index is 845. The van der Waals surface area contributed by atoms with Crippen LogP contribution in [0.4, 0.5) is 4.79 Å². The van der Waals surface area contributed by atoms with E-state index in [1.165, 1.54) is 11.3 Å². The first-order chi connectivity index (χ1) is 15.1. The maximum absolute atomic E-state index is 13.4. The second kappa shape index (κ2) is 8.48. The number of imide groups is 1. The van der Waals surface area contributed by atoms with E-state index in [0.717, 1.165) is 44.1 Å². The molecule has 31 heavy (non-hydrogen) atoms. The first kappa shape index (κ1) is 20.3. The number of nitrogens with zero attached hydrogens (tertiary/aromatic N) is 1. The maximum Gasteiger partial charge on any atom is 0.316 e. The number of amides is 4. The number of likely N-dealkylation sites (tertiary alicyclic amines) is 1. The molecule has 5 atom stereocenters. The largest absolute Gasteiger partial charge is 0.335 e. The molecule has 2 bridgehead atoms. The van der Waals surface area contributed by atoms with Crippen LogP contribution in [0.2, 0.25) is 0 Å². The third-order valence-electron chi connectivity index (χ3n) is 7.62. The van der Waals surface area contributed by atoms with E-state index in [2.05, 4.69) is 22.8 Å². The van der Waals surface area contributed by atoms with Gasteiger partial charge < -0.3 is 10.6 Å². The van der Waals surface area contributed by atoms with Gasteiger partial charge in [0.2, 0.25) is 11.8 Å². The second-order valence-electron chi connectivity index (χ2n) is 9.55. The van der Waals surface area contributed by atoms with E-state index in [1.807, 2.05) is 30.3 Å². The molecule has 4 amide bonds. The Morgan fingerprint density at radius 3 is 2.10 bits per heavy atom. The fourth-order valence-electron chi connectivity index (χ4n) is 6.07. The predicted octanol–water partition coefficient (Wildman–Crippen LogP) is 3.38. The van der Waals surface area contributed by atoms with Crippen LogP contribution in [0.25, 0.3) is 0 Å². The second-order valence-corrected chi connectivity index (χ2v) is 9.55. The first-order valence-electron chi connectivity index (χ1n) is 11.8. The topological polar surface area (TPSA) is 78.5 Å². The molecule has 2 N–H and O–H groups in total. The molecule has 6 nitrogen and oxygen atoms in total. The van der Waals surface area contributed by atoms with Gasteiger partial charge in [0.25, 0.3) is 0 Å². The average Bonchev–Trinajstić information content (AvgIpc) is 3.08.